The lowest BCUT2D eigenvalue weighted by Gasteiger charge is -2.18. The molecule has 1 aromatic carbocycles. The molecule has 1 unspecified atom stereocenters. The molecule has 1 atom stereocenters. The third-order valence-electron chi connectivity index (χ3n) is 4.30. The largest absolute Gasteiger partial charge is 0.337 e. The molecule has 0 aliphatic heterocycles. The zero-order valence-corrected chi connectivity index (χ0v) is 15.3. The number of imidazole rings is 1. The van der Waals surface area contributed by atoms with Crippen LogP contribution < -0.4 is 4.72 Å². The predicted molar refractivity (Wildman–Crippen MR) is 95.8 cm³/mol. The van der Waals surface area contributed by atoms with E-state index in [2.05, 4.69) is 9.71 Å². The van der Waals surface area contributed by atoms with Gasteiger partial charge in [-0.3, -0.25) is 0 Å². The van der Waals surface area contributed by atoms with Crippen molar-refractivity contribution in [2.75, 3.05) is 0 Å². The molecule has 2 heterocycles. The number of aryl methyl sites for hydroxylation is 1. The van der Waals surface area contributed by atoms with Crippen molar-refractivity contribution in [2.45, 2.75) is 23.8 Å². The van der Waals surface area contributed by atoms with Gasteiger partial charge in [0.05, 0.1) is 6.04 Å². The van der Waals surface area contributed by atoms with Gasteiger partial charge in [-0.25, -0.2) is 18.1 Å². The Morgan fingerprint density at radius 2 is 2.21 bits per heavy atom. The highest BCUT2D eigenvalue weighted by atomic mass is 35.5. The van der Waals surface area contributed by atoms with Gasteiger partial charge in [-0.2, -0.15) is 0 Å². The number of nitrogens with one attached hydrogen (secondary N) is 1. The SMILES string of the molecule is Cn1ccnc1C(NS(=O)(=O)c1csc2ccc(Cl)cc12)C1CC1. The number of hydrogen-bond donors (Lipinski definition) is 1. The standard InChI is InChI=1S/C16H16ClN3O2S2/c1-20-7-6-18-16(20)15(10-2-3-10)19-24(21,22)14-9-23-13-5-4-11(17)8-12(13)14/h4-10,15,19H,2-3H2,1H3. The molecule has 0 radical (unpaired) electrons. The lowest BCUT2D eigenvalue weighted by molar-refractivity contribution is 0.500. The van der Waals surface area contributed by atoms with Crippen molar-refractivity contribution < 1.29 is 8.42 Å². The van der Waals surface area contributed by atoms with E-state index in [0.717, 1.165) is 23.4 Å². The number of nitrogens with zero attached hydrogens (tertiary/aromatic N) is 2. The van der Waals surface area contributed by atoms with E-state index in [1.807, 2.05) is 23.9 Å². The second-order valence-corrected chi connectivity index (χ2v) is 9.10. The molecule has 126 valence electrons. The van der Waals surface area contributed by atoms with Gasteiger partial charge in [-0.15, -0.1) is 11.3 Å². The summed E-state index contributed by atoms with van der Waals surface area (Å²) in [6, 6.07) is 5.02. The highest BCUT2D eigenvalue weighted by molar-refractivity contribution is 7.90. The minimum absolute atomic E-state index is 0.282. The van der Waals surface area contributed by atoms with E-state index in [0.29, 0.717) is 16.3 Å². The van der Waals surface area contributed by atoms with Crippen LogP contribution in [0.2, 0.25) is 5.02 Å². The smallest absolute Gasteiger partial charge is 0.242 e. The first kappa shape index (κ1) is 16.1. The molecule has 1 fully saturated rings. The Bertz CT molecular complexity index is 1010. The van der Waals surface area contributed by atoms with E-state index in [9.17, 15) is 8.42 Å². The van der Waals surface area contributed by atoms with Crippen LogP contribution in [0.1, 0.15) is 24.7 Å². The zero-order chi connectivity index (χ0) is 16.9. The highest BCUT2D eigenvalue weighted by Gasteiger charge is 2.38. The number of rotatable bonds is 5. The summed E-state index contributed by atoms with van der Waals surface area (Å²) in [5, 5.41) is 2.86. The number of halogens is 1. The van der Waals surface area contributed by atoms with Crippen molar-refractivity contribution in [3.63, 3.8) is 0 Å². The number of sulfonamides is 1. The van der Waals surface area contributed by atoms with Crippen LogP contribution in [0.15, 0.2) is 40.9 Å². The van der Waals surface area contributed by atoms with Gasteiger partial charge in [-0.05, 0) is 37.0 Å². The van der Waals surface area contributed by atoms with E-state index in [1.165, 1.54) is 11.3 Å². The minimum atomic E-state index is -3.66. The quantitative estimate of drug-likeness (QED) is 0.732. The Kier molecular flexibility index (Phi) is 3.91. The summed E-state index contributed by atoms with van der Waals surface area (Å²) in [4.78, 5) is 4.62. The summed E-state index contributed by atoms with van der Waals surface area (Å²) < 4.78 is 31.6. The van der Waals surface area contributed by atoms with Crippen molar-refractivity contribution in [3.05, 3.63) is 46.8 Å². The normalized spacial score (nSPS) is 16.6. The molecule has 1 saturated carbocycles. The molecule has 0 amide bonds. The van der Waals surface area contributed by atoms with Crippen molar-refractivity contribution in [2.24, 2.45) is 13.0 Å². The number of aromatic nitrogens is 2. The predicted octanol–water partition coefficient (Wildman–Crippen LogP) is 3.72. The van der Waals surface area contributed by atoms with Gasteiger partial charge >= 0.3 is 0 Å². The fourth-order valence-corrected chi connectivity index (χ4v) is 5.79. The maximum atomic E-state index is 13.0. The third-order valence-corrected chi connectivity index (χ3v) is 7.13. The monoisotopic (exact) mass is 381 g/mol. The molecule has 8 heteroatoms. The van der Waals surface area contributed by atoms with Gasteiger partial charge in [0.15, 0.2) is 0 Å². The maximum absolute atomic E-state index is 13.0. The van der Waals surface area contributed by atoms with E-state index >= 15 is 0 Å². The molecule has 24 heavy (non-hydrogen) atoms. The average molecular weight is 382 g/mol. The highest BCUT2D eigenvalue weighted by Crippen LogP contribution is 2.42. The Morgan fingerprint density at radius 3 is 2.88 bits per heavy atom. The molecule has 1 aliphatic carbocycles. The summed E-state index contributed by atoms with van der Waals surface area (Å²) in [5.41, 5.74) is 0. The van der Waals surface area contributed by atoms with E-state index in [-0.39, 0.29) is 10.9 Å². The molecular weight excluding hydrogens is 366 g/mol. The number of hydrogen-bond acceptors (Lipinski definition) is 4. The summed E-state index contributed by atoms with van der Waals surface area (Å²) >= 11 is 7.44. The molecule has 0 saturated heterocycles. The van der Waals surface area contributed by atoms with Crippen LogP contribution in [0.25, 0.3) is 10.1 Å². The van der Waals surface area contributed by atoms with Gasteiger partial charge in [0, 0.05) is 39.9 Å². The zero-order valence-electron chi connectivity index (χ0n) is 12.9. The van der Waals surface area contributed by atoms with Gasteiger partial charge in [-0.1, -0.05) is 11.6 Å². The summed E-state index contributed by atoms with van der Waals surface area (Å²) in [6.45, 7) is 0. The van der Waals surface area contributed by atoms with Crippen LogP contribution in [-0.2, 0) is 17.1 Å². The number of fused-ring (bicyclic) bond motifs is 1. The second-order valence-electron chi connectivity index (χ2n) is 6.07. The van der Waals surface area contributed by atoms with Gasteiger partial charge in [0.25, 0.3) is 0 Å². The Hall–Kier alpha value is -1.41. The van der Waals surface area contributed by atoms with Crippen LogP contribution in [0, 0.1) is 5.92 Å². The van der Waals surface area contributed by atoms with Crippen molar-refractivity contribution >= 4 is 43.0 Å². The summed E-state index contributed by atoms with van der Waals surface area (Å²) in [7, 11) is -1.78. The van der Waals surface area contributed by atoms with Crippen molar-refractivity contribution in [3.8, 4) is 0 Å². The fraction of sp³-hybridized carbons (Fsp3) is 0.312. The summed E-state index contributed by atoms with van der Waals surface area (Å²) in [6.07, 6.45) is 5.55. The maximum Gasteiger partial charge on any atom is 0.242 e. The molecule has 5 nitrogen and oxygen atoms in total. The number of thiophene rings is 1. The van der Waals surface area contributed by atoms with Gasteiger partial charge in [0.2, 0.25) is 10.0 Å². The van der Waals surface area contributed by atoms with Gasteiger partial charge < -0.3 is 4.57 Å². The molecule has 0 spiro atoms. The van der Waals surface area contributed by atoms with Crippen LogP contribution in [0.5, 0.6) is 0 Å². The molecular formula is C16H16ClN3O2S2. The van der Waals surface area contributed by atoms with E-state index < -0.39 is 10.0 Å². The van der Waals surface area contributed by atoms with Gasteiger partial charge in [0.1, 0.15) is 10.7 Å². The average Bonchev–Trinajstić information content (AvgIpc) is 3.15. The fourth-order valence-electron chi connectivity index (χ4n) is 2.88. The first-order valence-corrected chi connectivity index (χ1v) is 10.4. The number of benzene rings is 1. The van der Waals surface area contributed by atoms with E-state index in [4.69, 9.17) is 11.6 Å². The Balaban J connectivity index is 1.74. The molecule has 1 aliphatic rings. The van der Waals surface area contributed by atoms with Crippen LogP contribution >= 0.6 is 22.9 Å². The molecule has 1 N–H and O–H groups in total. The Morgan fingerprint density at radius 1 is 1.42 bits per heavy atom. The molecule has 4 rings (SSSR count). The first-order valence-electron chi connectivity index (χ1n) is 7.62. The van der Waals surface area contributed by atoms with Crippen molar-refractivity contribution in [1.82, 2.24) is 14.3 Å². The third kappa shape index (κ3) is 2.86. The van der Waals surface area contributed by atoms with E-state index in [1.54, 1.807) is 23.7 Å². The molecule has 3 aromatic rings. The lowest BCUT2D eigenvalue weighted by atomic mass is 10.2. The van der Waals surface area contributed by atoms with Crippen LogP contribution in [0.3, 0.4) is 0 Å². The Labute approximate surface area is 149 Å². The van der Waals surface area contributed by atoms with Crippen molar-refractivity contribution in [1.29, 1.82) is 0 Å². The topological polar surface area (TPSA) is 64.0 Å². The second kappa shape index (κ2) is 5.84. The lowest BCUT2D eigenvalue weighted by Crippen LogP contribution is -2.31. The van der Waals surface area contributed by atoms with Crippen LogP contribution in [-0.4, -0.2) is 18.0 Å². The molecule has 0 bridgehead atoms. The minimum Gasteiger partial charge on any atom is -0.337 e. The first-order chi connectivity index (χ1) is 11.5. The summed E-state index contributed by atoms with van der Waals surface area (Å²) in [5.74, 6) is 1.05. The molecule has 2 aromatic heterocycles. The van der Waals surface area contributed by atoms with Crippen LogP contribution in [0.4, 0.5) is 0 Å².